The third-order valence-corrected chi connectivity index (χ3v) is 17.6. The summed E-state index contributed by atoms with van der Waals surface area (Å²) in [5.74, 6) is 2.60. The predicted octanol–water partition coefficient (Wildman–Crippen LogP) is 19.7. The average Bonchev–Trinajstić information content (AvgIpc) is 1.73. The molecular weight excluding hydrogens is 1250 g/mol. The van der Waals surface area contributed by atoms with Crippen molar-refractivity contribution in [3.63, 3.8) is 0 Å². The molecule has 4 amide bonds. The van der Waals surface area contributed by atoms with Gasteiger partial charge in [0.05, 0.1) is 0 Å². The van der Waals surface area contributed by atoms with Gasteiger partial charge in [0.1, 0.15) is 0 Å². The number of hydrogen-bond donors (Lipinski definition) is 6. The van der Waals surface area contributed by atoms with Crippen LogP contribution in [-0.2, 0) is 19.2 Å². The Bertz CT molecular complexity index is 1590. The Hall–Kier alpha value is -2.40. The average molecular weight is 1440 g/mol. The van der Waals surface area contributed by atoms with Crippen LogP contribution in [0.4, 0.5) is 0 Å². The van der Waals surface area contributed by atoms with Crippen molar-refractivity contribution in [2.24, 2.45) is 22.7 Å². The number of unbranched alkanes of at least 4 members (excludes halogenated alkanes) is 2. The van der Waals surface area contributed by atoms with E-state index < -0.39 is 0 Å². The first-order chi connectivity index (χ1) is 48.4. The summed E-state index contributed by atoms with van der Waals surface area (Å²) in [5.41, 5.74) is 1.14. The molecule has 9 heterocycles. The van der Waals surface area contributed by atoms with E-state index in [4.69, 9.17) is 0 Å². The number of rotatable bonds is 16. The fraction of sp³-hybridized carbons (Fsp3) is 0.953. The zero-order chi connectivity index (χ0) is 79.5. The van der Waals surface area contributed by atoms with E-state index in [9.17, 15) is 19.2 Å². The van der Waals surface area contributed by atoms with Gasteiger partial charge in [-0.05, 0) is 199 Å². The van der Waals surface area contributed by atoms with Crippen LogP contribution in [0.2, 0.25) is 0 Å². The molecule has 4 unspecified atom stereocenters. The van der Waals surface area contributed by atoms with E-state index in [1.54, 1.807) is 0 Å². The van der Waals surface area contributed by atoms with Crippen LogP contribution < -0.4 is 31.9 Å². The summed E-state index contributed by atoms with van der Waals surface area (Å²) >= 11 is 0. The molecule has 10 fully saturated rings. The minimum atomic E-state index is 0.219. The predicted molar refractivity (Wildman–Crippen MR) is 454 cm³/mol. The lowest BCUT2D eigenvalue weighted by Crippen LogP contribution is -2.59. The van der Waals surface area contributed by atoms with Gasteiger partial charge in [0.15, 0.2) is 0 Å². The first-order valence-corrected chi connectivity index (χ1v) is 43.6. The molecule has 4 atom stereocenters. The van der Waals surface area contributed by atoms with E-state index >= 15 is 0 Å². The van der Waals surface area contributed by atoms with Crippen LogP contribution >= 0.6 is 0 Å². The maximum atomic E-state index is 11.1. The quantitative estimate of drug-likeness (QED) is 0.0874. The molecule has 9 saturated heterocycles. The second-order valence-electron chi connectivity index (χ2n) is 28.8. The van der Waals surface area contributed by atoms with Crippen molar-refractivity contribution >= 4 is 23.6 Å². The molecule has 2 spiro atoms. The van der Waals surface area contributed by atoms with E-state index in [-0.39, 0.29) is 23.6 Å². The third kappa shape index (κ3) is 72.9. The maximum absolute atomic E-state index is 11.1. The molecule has 10 rings (SSSR count). The van der Waals surface area contributed by atoms with Crippen LogP contribution in [0.25, 0.3) is 0 Å². The van der Waals surface area contributed by atoms with Gasteiger partial charge >= 0.3 is 0 Å². The lowest BCUT2D eigenvalue weighted by molar-refractivity contribution is -0.120. The number of nitrogens with zero attached hydrogens (tertiary/aromatic N) is 5. The molecule has 9 aliphatic heterocycles. The Labute approximate surface area is 636 Å². The molecule has 614 valence electrons. The first-order valence-electron chi connectivity index (χ1n) is 43.6. The summed E-state index contributed by atoms with van der Waals surface area (Å²) in [7, 11) is 0. The SMILES string of the molecule is CC.CC.CC.CC.CC.CC.CC(C)C.CC(C)C.CCC1CCC(=O)N1.CCCCC1CCC(=O)N1.CCCCC1CCC(=O)N1.CCN1CC2(CCC2)C1.CCN1CCC1.CCN1CCC2(CNC(=O)C2)C1.CCN1CCCC1.CCN1CCCC1.CCNC(C)C.CCNC(C)C. The fourth-order valence-electron chi connectivity index (χ4n) is 11.8. The van der Waals surface area contributed by atoms with Gasteiger partial charge in [-0.3, -0.25) is 19.2 Å². The van der Waals surface area contributed by atoms with E-state index in [0.717, 1.165) is 101 Å². The van der Waals surface area contributed by atoms with Crippen molar-refractivity contribution in [1.82, 2.24) is 56.4 Å². The van der Waals surface area contributed by atoms with Crippen molar-refractivity contribution < 1.29 is 19.2 Å². The molecule has 0 bridgehead atoms. The summed E-state index contributed by atoms with van der Waals surface area (Å²) in [6.07, 6.45) is 27.3. The largest absolute Gasteiger partial charge is 0.355 e. The van der Waals surface area contributed by atoms with Gasteiger partial charge in [-0.1, -0.05) is 254 Å². The summed E-state index contributed by atoms with van der Waals surface area (Å²) in [6.45, 7) is 89.7. The summed E-state index contributed by atoms with van der Waals surface area (Å²) < 4.78 is 0. The normalized spacial score (nSPS) is 21.2. The smallest absolute Gasteiger partial charge is 0.220 e. The number of hydrogen-bond acceptors (Lipinski definition) is 11. The fourth-order valence-corrected chi connectivity index (χ4v) is 11.8. The van der Waals surface area contributed by atoms with Crippen LogP contribution in [0.5, 0.6) is 0 Å². The molecule has 101 heavy (non-hydrogen) atoms. The Kier molecular flexibility index (Phi) is 94.3. The molecule has 0 aromatic rings. The van der Waals surface area contributed by atoms with Gasteiger partial charge in [0.25, 0.3) is 0 Å². The minimum Gasteiger partial charge on any atom is -0.355 e. The second kappa shape index (κ2) is 83.2. The molecular formula is C86H191N11O4. The highest BCUT2D eigenvalue weighted by Gasteiger charge is 2.46. The highest BCUT2D eigenvalue weighted by molar-refractivity contribution is 5.80. The van der Waals surface area contributed by atoms with Crippen LogP contribution in [0.3, 0.4) is 0 Å². The second-order valence-corrected chi connectivity index (χ2v) is 28.8. The third-order valence-electron chi connectivity index (χ3n) is 17.6. The number of carbonyl (C=O) groups is 4. The van der Waals surface area contributed by atoms with E-state index in [1.165, 1.54) is 181 Å². The molecule has 0 aromatic heterocycles. The number of nitrogens with one attached hydrogen (secondary N) is 6. The van der Waals surface area contributed by atoms with Gasteiger partial charge < -0.3 is 56.4 Å². The first kappa shape index (κ1) is 114. The van der Waals surface area contributed by atoms with Gasteiger partial charge in [0, 0.05) is 87.5 Å². The van der Waals surface area contributed by atoms with E-state index in [0.29, 0.717) is 35.6 Å². The molecule has 1 saturated carbocycles. The summed E-state index contributed by atoms with van der Waals surface area (Å²) in [4.78, 5) is 55.4. The van der Waals surface area contributed by atoms with E-state index in [2.05, 4.69) is 195 Å². The molecule has 0 radical (unpaired) electrons. The maximum Gasteiger partial charge on any atom is 0.220 e. The zero-order valence-electron chi connectivity index (χ0n) is 74.9. The topological polar surface area (TPSA) is 157 Å². The summed E-state index contributed by atoms with van der Waals surface area (Å²) in [6, 6.07) is 2.76. The van der Waals surface area contributed by atoms with Gasteiger partial charge in [-0.2, -0.15) is 0 Å². The molecule has 15 heteroatoms. The van der Waals surface area contributed by atoms with Crippen LogP contribution in [0.1, 0.15) is 369 Å². The Balaban J connectivity index is -0.000000155. The van der Waals surface area contributed by atoms with Gasteiger partial charge in [-0.25, -0.2) is 0 Å². The van der Waals surface area contributed by atoms with Crippen molar-refractivity contribution in [3.05, 3.63) is 0 Å². The zero-order valence-corrected chi connectivity index (χ0v) is 74.9. The highest BCUT2D eigenvalue weighted by Crippen LogP contribution is 2.47. The number of carbonyl (C=O) groups excluding carboxylic acids is 4. The number of amides is 4. The van der Waals surface area contributed by atoms with Crippen molar-refractivity contribution in [2.45, 2.75) is 399 Å². The molecule has 10 aliphatic rings. The Morgan fingerprint density at radius 1 is 0.376 bits per heavy atom. The minimum absolute atomic E-state index is 0.219. The molecule has 15 nitrogen and oxygen atoms in total. The Morgan fingerprint density at radius 3 is 0.851 bits per heavy atom. The van der Waals surface area contributed by atoms with Crippen molar-refractivity contribution in [2.75, 3.05) is 118 Å². The summed E-state index contributed by atoms with van der Waals surface area (Å²) in [5, 5.41) is 18.1. The molecule has 0 aromatic carbocycles. The monoisotopic (exact) mass is 1440 g/mol. The Morgan fingerprint density at radius 2 is 0.683 bits per heavy atom. The highest BCUT2D eigenvalue weighted by atomic mass is 16.2. The van der Waals surface area contributed by atoms with Crippen molar-refractivity contribution in [1.29, 1.82) is 0 Å². The van der Waals surface area contributed by atoms with Crippen LogP contribution in [-0.4, -0.2) is 196 Å². The van der Waals surface area contributed by atoms with E-state index in [1.807, 2.05) is 83.1 Å². The van der Waals surface area contributed by atoms with Crippen molar-refractivity contribution in [3.8, 4) is 0 Å². The van der Waals surface area contributed by atoms with Crippen LogP contribution in [0.15, 0.2) is 0 Å². The molecule has 1 aliphatic carbocycles. The standard InChI is InChI=1S/C9H16N2O.2C8H15NO.C8H15N.C6H11NO.2C6H13N.C5H11N.2C5H13N.2C4H10.6C2H6/c1-2-11-4-3-9(7-11)5-8(12)10-6-9;2*1-2-3-4-7-5-6-8(10)9-7;1-2-9-6-8(7-9)4-3-5-8;1-2-5-3-4-6(8)7-5;2*1-2-7-5-3-4-6-7;1-2-6-4-3-5-6;2*1-4-6-5(2)3;2*1-4(2)3;6*1-2/h2-7H2,1H3,(H,10,12);2*7H,2-6H2,1H3,(H,9,10);2-7H2,1H3;5H,2-4H2,1H3,(H,7,8);2*2-6H2,1H3;2-5H2,1H3;2*5-6H,4H2,1-3H3;2*4H,1-3H3;6*1-2H3. The molecule has 6 N–H and O–H groups in total. The lowest BCUT2D eigenvalue weighted by Gasteiger charge is -2.56. The number of likely N-dealkylation sites (tertiary alicyclic amines) is 5. The van der Waals surface area contributed by atoms with Gasteiger partial charge in [0.2, 0.25) is 23.6 Å². The van der Waals surface area contributed by atoms with Crippen LogP contribution in [0, 0.1) is 22.7 Å². The van der Waals surface area contributed by atoms with Gasteiger partial charge in [-0.15, -0.1) is 0 Å². The lowest BCUT2D eigenvalue weighted by atomic mass is 9.64.